The standard InChI is InChI=1S/C14H11BrFNO2/c15-12-8-11(16)6-7-13(12)17-14(18)19-9-10-4-2-1-3-5-10/h1-8H,9H2,(H,17,18). The lowest BCUT2D eigenvalue weighted by Gasteiger charge is -2.08. The van der Waals surface area contributed by atoms with Crippen LogP contribution in [0.15, 0.2) is 53.0 Å². The molecule has 0 saturated carbocycles. The van der Waals surface area contributed by atoms with Gasteiger partial charge in [-0.1, -0.05) is 30.3 Å². The molecule has 98 valence electrons. The highest BCUT2D eigenvalue weighted by Gasteiger charge is 2.07. The number of hydrogen-bond acceptors (Lipinski definition) is 2. The maximum Gasteiger partial charge on any atom is 0.411 e. The number of benzene rings is 2. The molecule has 0 bridgehead atoms. The summed E-state index contributed by atoms with van der Waals surface area (Å²) in [5.41, 5.74) is 1.36. The molecule has 0 aliphatic rings. The van der Waals surface area contributed by atoms with Crippen molar-refractivity contribution in [1.29, 1.82) is 0 Å². The first-order valence-electron chi connectivity index (χ1n) is 5.58. The van der Waals surface area contributed by atoms with Crippen LogP contribution in [0.3, 0.4) is 0 Å². The van der Waals surface area contributed by atoms with Gasteiger partial charge in [-0.3, -0.25) is 5.32 Å². The molecule has 0 fully saturated rings. The minimum absolute atomic E-state index is 0.186. The third kappa shape index (κ3) is 4.06. The second kappa shape index (κ2) is 6.33. The van der Waals surface area contributed by atoms with Crippen molar-refractivity contribution in [3.05, 3.63) is 64.4 Å². The highest BCUT2D eigenvalue weighted by Crippen LogP contribution is 2.23. The van der Waals surface area contributed by atoms with E-state index in [4.69, 9.17) is 4.74 Å². The molecule has 0 aliphatic heterocycles. The van der Waals surface area contributed by atoms with Gasteiger partial charge >= 0.3 is 6.09 Å². The van der Waals surface area contributed by atoms with Crippen molar-refractivity contribution in [2.75, 3.05) is 5.32 Å². The summed E-state index contributed by atoms with van der Waals surface area (Å²) in [5.74, 6) is -0.380. The number of carbonyl (C=O) groups is 1. The third-order valence-corrected chi connectivity index (χ3v) is 3.04. The molecule has 0 heterocycles. The van der Waals surface area contributed by atoms with E-state index in [2.05, 4.69) is 21.2 Å². The Morgan fingerprint density at radius 2 is 1.95 bits per heavy atom. The van der Waals surface area contributed by atoms with E-state index in [-0.39, 0.29) is 12.4 Å². The molecule has 1 N–H and O–H groups in total. The van der Waals surface area contributed by atoms with Crippen LogP contribution >= 0.6 is 15.9 Å². The molecule has 0 unspecified atom stereocenters. The van der Waals surface area contributed by atoms with Gasteiger partial charge in [0.2, 0.25) is 0 Å². The maximum absolute atomic E-state index is 12.9. The van der Waals surface area contributed by atoms with Crippen LogP contribution in [0, 0.1) is 5.82 Å². The zero-order valence-electron chi connectivity index (χ0n) is 9.90. The molecule has 3 nitrogen and oxygen atoms in total. The Hall–Kier alpha value is -1.88. The van der Waals surface area contributed by atoms with Crippen LogP contribution in [0.4, 0.5) is 14.9 Å². The first-order chi connectivity index (χ1) is 9.15. The van der Waals surface area contributed by atoms with E-state index in [1.165, 1.54) is 18.2 Å². The molecule has 2 rings (SSSR count). The van der Waals surface area contributed by atoms with Crippen molar-refractivity contribution < 1.29 is 13.9 Å². The largest absolute Gasteiger partial charge is 0.444 e. The van der Waals surface area contributed by atoms with Gasteiger partial charge in [0.1, 0.15) is 12.4 Å². The van der Waals surface area contributed by atoms with Gasteiger partial charge in [-0.05, 0) is 39.7 Å². The number of carbonyl (C=O) groups excluding carboxylic acids is 1. The molecule has 0 radical (unpaired) electrons. The van der Waals surface area contributed by atoms with Crippen LogP contribution in [-0.4, -0.2) is 6.09 Å². The Kier molecular flexibility index (Phi) is 4.52. The number of nitrogens with one attached hydrogen (secondary N) is 1. The molecule has 2 aromatic rings. The average molecular weight is 324 g/mol. The molecule has 0 aliphatic carbocycles. The Bertz CT molecular complexity index is 575. The van der Waals surface area contributed by atoms with Gasteiger partial charge in [-0.25, -0.2) is 9.18 Å². The second-order valence-corrected chi connectivity index (χ2v) is 4.67. The fourth-order valence-corrected chi connectivity index (χ4v) is 1.91. The third-order valence-electron chi connectivity index (χ3n) is 2.38. The molecular weight excluding hydrogens is 313 g/mol. The number of amides is 1. The fraction of sp³-hybridized carbons (Fsp3) is 0.0714. The molecule has 2 aromatic carbocycles. The van der Waals surface area contributed by atoms with E-state index in [1.54, 1.807) is 0 Å². The summed E-state index contributed by atoms with van der Waals surface area (Å²) < 4.78 is 18.4. The molecule has 0 spiro atoms. The van der Waals surface area contributed by atoms with E-state index >= 15 is 0 Å². The Labute approximate surface area is 118 Å². The predicted molar refractivity (Wildman–Crippen MR) is 74.3 cm³/mol. The number of halogens is 2. The predicted octanol–water partition coefficient (Wildman–Crippen LogP) is 4.34. The molecule has 5 heteroatoms. The van der Waals surface area contributed by atoms with Crippen molar-refractivity contribution in [1.82, 2.24) is 0 Å². The fourth-order valence-electron chi connectivity index (χ4n) is 1.46. The lowest BCUT2D eigenvalue weighted by molar-refractivity contribution is 0.155. The first kappa shape index (κ1) is 13.5. The number of anilines is 1. The molecule has 0 saturated heterocycles. The summed E-state index contributed by atoms with van der Waals surface area (Å²) in [7, 11) is 0. The quantitative estimate of drug-likeness (QED) is 0.912. The van der Waals surface area contributed by atoms with Crippen LogP contribution in [0.1, 0.15) is 5.56 Å². The van der Waals surface area contributed by atoms with Gasteiger partial charge in [0.25, 0.3) is 0 Å². The van der Waals surface area contributed by atoms with Crippen molar-refractivity contribution in [2.45, 2.75) is 6.61 Å². The van der Waals surface area contributed by atoms with Gasteiger partial charge in [-0.2, -0.15) is 0 Å². The minimum atomic E-state index is -0.587. The Morgan fingerprint density at radius 3 is 2.63 bits per heavy atom. The Balaban J connectivity index is 1.91. The van der Waals surface area contributed by atoms with Gasteiger partial charge in [0, 0.05) is 4.47 Å². The van der Waals surface area contributed by atoms with Gasteiger partial charge in [0.05, 0.1) is 5.69 Å². The van der Waals surface area contributed by atoms with Crippen LogP contribution in [0.5, 0.6) is 0 Å². The maximum atomic E-state index is 12.9. The molecule has 0 atom stereocenters. The zero-order valence-corrected chi connectivity index (χ0v) is 11.5. The van der Waals surface area contributed by atoms with Crippen LogP contribution in [0.2, 0.25) is 0 Å². The van der Waals surface area contributed by atoms with Crippen molar-refractivity contribution in [2.24, 2.45) is 0 Å². The monoisotopic (exact) mass is 323 g/mol. The topological polar surface area (TPSA) is 38.3 Å². The van der Waals surface area contributed by atoms with E-state index < -0.39 is 6.09 Å². The highest BCUT2D eigenvalue weighted by molar-refractivity contribution is 9.10. The lowest BCUT2D eigenvalue weighted by atomic mass is 10.2. The molecule has 1 amide bonds. The van der Waals surface area contributed by atoms with Gasteiger partial charge < -0.3 is 4.74 Å². The smallest absolute Gasteiger partial charge is 0.411 e. The van der Waals surface area contributed by atoms with Crippen molar-refractivity contribution >= 4 is 27.7 Å². The SMILES string of the molecule is O=C(Nc1ccc(F)cc1Br)OCc1ccccc1. The lowest BCUT2D eigenvalue weighted by Crippen LogP contribution is -2.13. The van der Waals surface area contributed by atoms with Crippen molar-refractivity contribution in [3.8, 4) is 0 Å². The summed E-state index contributed by atoms with van der Waals surface area (Å²) in [6, 6.07) is 13.3. The van der Waals surface area contributed by atoms with Gasteiger partial charge in [-0.15, -0.1) is 0 Å². The van der Waals surface area contributed by atoms with Crippen LogP contribution < -0.4 is 5.32 Å². The summed E-state index contributed by atoms with van der Waals surface area (Å²) in [6.07, 6.45) is -0.587. The average Bonchev–Trinajstić information content (AvgIpc) is 2.41. The zero-order chi connectivity index (χ0) is 13.7. The molecule has 0 aromatic heterocycles. The summed E-state index contributed by atoms with van der Waals surface area (Å²) in [6.45, 7) is 0.186. The molecule has 19 heavy (non-hydrogen) atoms. The first-order valence-corrected chi connectivity index (χ1v) is 6.37. The van der Waals surface area contributed by atoms with E-state index in [0.717, 1.165) is 5.56 Å². The summed E-state index contributed by atoms with van der Waals surface area (Å²) in [4.78, 5) is 11.6. The number of rotatable bonds is 3. The van der Waals surface area contributed by atoms with Gasteiger partial charge in [0.15, 0.2) is 0 Å². The normalized spacial score (nSPS) is 10.0. The van der Waals surface area contributed by atoms with Crippen molar-refractivity contribution in [3.63, 3.8) is 0 Å². The van der Waals surface area contributed by atoms with E-state index in [0.29, 0.717) is 10.2 Å². The molecular formula is C14H11BrFNO2. The van der Waals surface area contributed by atoms with Crippen LogP contribution in [-0.2, 0) is 11.3 Å². The van der Waals surface area contributed by atoms with Crippen LogP contribution in [0.25, 0.3) is 0 Å². The highest BCUT2D eigenvalue weighted by atomic mass is 79.9. The Morgan fingerprint density at radius 1 is 1.21 bits per heavy atom. The second-order valence-electron chi connectivity index (χ2n) is 3.81. The number of hydrogen-bond donors (Lipinski definition) is 1. The van der Waals surface area contributed by atoms with E-state index in [9.17, 15) is 9.18 Å². The number of ether oxygens (including phenoxy) is 1. The minimum Gasteiger partial charge on any atom is -0.444 e. The summed E-state index contributed by atoms with van der Waals surface area (Å²) >= 11 is 3.16. The van der Waals surface area contributed by atoms with E-state index in [1.807, 2.05) is 30.3 Å². The summed E-state index contributed by atoms with van der Waals surface area (Å²) in [5, 5.41) is 2.53.